The number of carbonyl (C=O) groups excluding carboxylic acids is 1. The fraction of sp³-hybridized carbons (Fsp3) is 0.462. The molecular formula is C13H15ClO. The van der Waals surface area contributed by atoms with Crippen molar-refractivity contribution >= 4 is 17.4 Å². The van der Waals surface area contributed by atoms with Crippen LogP contribution in [0.1, 0.15) is 47.5 Å². The highest BCUT2D eigenvalue weighted by Gasteiger charge is 2.16. The Morgan fingerprint density at radius 1 is 1.20 bits per heavy atom. The van der Waals surface area contributed by atoms with Crippen LogP contribution in [0.15, 0.2) is 24.3 Å². The molecule has 0 N–H and O–H groups in total. The van der Waals surface area contributed by atoms with Crippen LogP contribution in [0.2, 0.25) is 0 Å². The van der Waals surface area contributed by atoms with Gasteiger partial charge in [-0.2, -0.15) is 0 Å². The standard InChI is InChI=1S/C13H15ClO/c14-9-13(15)12-7-5-11(6-8-12)10-3-1-2-4-10/h5-8,10H,1-4,9H2. The molecule has 1 aromatic rings. The van der Waals surface area contributed by atoms with Gasteiger partial charge in [-0.15, -0.1) is 11.6 Å². The minimum absolute atomic E-state index is 0.00892. The number of rotatable bonds is 3. The zero-order chi connectivity index (χ0) is 10.7. The molecule has 1 aromatic carbocycles. The third-order valence-corrected chi connectivity index (χ3v) is 3.42. The number of hydrogen-bond acceptors (Lipinski definition) is 1. The molecule has 0 spiro atoms. The number of alkyl halides is 1. The summed E-state index contributed by atoms with van der Waals surface area (Å²) in [5.41, 5.74) is 2.10. The predicted molar refractivity (Wildman–Crippen MR) is 62.7 cm³/mol. The fourth-order valence-electron chi connectivity index (χ4n) is 2.28. The van der Waals surface area contributed by atoms with Crippen molar-refractivity contribution in [2.45, 2.75) is 31.6 Å². The zero-order valence-electron chi connectivity index (χ0n) is 8.71. The van der Waals surface area contributed by atoms with Gasteiger partial charge in [0.2, 0.25) is 0 Å². The number of ketones is 1. The number of carbonyl (C=O) groups is 1. The van der Waals surface area contributed by atoms with Crippen molar-refractivity contribution in [3.05, 3.63) is 35.4 Å². The van der Waals surface area contributed by atoms with E-state index in [1.807, 2.05) is 12.1 Å². The summed E-state index contributed by atoms with van der Waals surface area (Å²) in [7, 11) is 0. The number of halogens is 1. The Hall–Kier alpha value is -0.820. The maximum atomic E-state index is 11.3. The molecular weight excluding hydrogens is 208 g/mol. The first-order valence-electron chi connectivity index (χ1n) is 5.50. The van der Waals surface area contributed by atoms with E-state index < -0.39 is 0 Å². The molecule has 1 aliphatic rings. The van der Waals surface area contributed by atoms with E-state index in [1.165, 1.54) is 31.2 Å². The largest absolute Gasteiger partial charge is 0.293 e. The van der Waals surface area contributed by atoms with Gasteiger partial charge in [-0.25, -0.2) is 0 Å². The Balaban J connectivity index is 2.12. The Kier molecular flexibility index (Phi) is 3.42. The van der Waals surface area contributed by atoms with Gasteiger partial charge < -0.3 is 0 Å². The Morgan fingerprint density at radius 2 is 1.80 bits per heavy atom. The van der Waals surface area contributed by atoms with Crippen molar-refractivity contribution in [1.82, 2.24) is 0 Å². The summed E-state index contributed by atoms with van der Waals surface area (Å²) in [4.78, 5) is 11.3. The first-order valence-corrected chi connectivity index (χ1v) is 6.04. The first-order chi connectivity index (χ1) is 7.31. The molecule has 2 rings (SSSR count). The van der Waals surface area contributed by atoms with Crippen LogP contribution in [0.4, 0.5) is 0 Å². The molecule has 1 aliphatic carbocycles. The molecule has 0 aliphatic heterocycles. The lowest BCUT2D eigenvalue weighted by Crippen LogP contribution is -2.00. The molecule has 0 radical (unpaired) electrons. The summed E-state index contributed by atoms with van der Waals surface area (Å²) < 4.78 is 0. The number of hydrogen-bond donors (Lipinski definition) is 0. The smallest absolute Gasteiger partial charge is 0.177 e. The van der Waals surface area contributed by atoms with Gasteiger partial charge >= 0.3 is 0 Å². The van der Waals surface area contributed by atoms with Crippen molar-refractivity contribution in [1.29, 1.82) is 0 Å². The van der Waals surface area contributed by atoms with E-state index >= 15 is 0 Å². The summed E-state index contributed by atoms with van der Waals surface area (Å²) >= 11 is 5.50. The molecule has 2 heteroatoms. The number of benzene rings is 1. The number of Topliss-reactive ketones (excluding diaryl/α,β-unsaturated/α-hetero) is 1. The molecule has 0 amide bonds. The molecule has 0 saturated heterocycles. The highest BCUT2D eigenvalue weighted by molar-refractivity contribution is 6.30. The summed E-state index contributed by atoms with van der Waals surface area (Å²) in [5.74, 6) is 0.794. The van der Waals surface area contributed by atoms with Crippen LogP contribution in [0.3, 0.4) is 0 Å². The predicted octanol–water partition coefficient (Wildman–Crippen LogP) is 3.77. The molecule has 0 unspecified atom stereocenters. The summed E-state index contributed by atoms with van der Waals surface area (Å²) in [6, 6.07) is 7.96. The van der Waals surface area contributed by atoms with Gasteiger partial charge in [0, 0.05) is 5.56 Å². The van der Waals surface area contributed by atoms with E-state index in [-0.39, 0.29) is 11.7 Å². The van der Waals surface area contributed by atoms with Crippen molar-refractivity contribution in [3.63, 3.8) is 0 Å². The van der Waals surface area contributed by atoms with Crippen molar-refractivity contribution in [3.8, 4) is 0 Å². The third kappa shape index (κ3) is 2.40. The quantitative estimate of drug-likeness (QED) is 0.562. The highest BCUT2D eigenvalue weighted by Crippen LogP contribution is 2.33. The van der Waals surface area contributed by atoms with Crippen molar-refractivity contribution in [2.75, 3.05) is 5.88 Å². The molecule has 1 nitrogen and oxygen atoms in total. The lowest BCUT2D eigenvalue weighted by molar-refractivity contribution is 0.102. The van der Waals surface area contributed by atoms with E-state index in [2.05, 4.69) is 12.1 Å². The lowest BCUT2D eigenvalue weighted by atomic mass is 9.96. The summed E-state index contributed by atoms with van der Waals surface area (Å²) in [6.45, 7) is 0. The second-order valence-corrected chi connectivity index (χ2v) is 4.43. The first kappa shape index (κ1) is 10.7. The second-order valence-electron chi connectivity index (χ2n) is 4.16. The Morgan fingerprint density at radius 3 is 2.33 bits per heavy atom. The average Bonchev–Trinajstić information content (AvgIpc) is 2.82. The fourth-order valence-corrected chi connectivity index (χ4v) is 2.43. The van der Waals surface area contributed by atoms with Gasteiger partial charge in [-0.05, 0) is 24.3 Å². The molecule has 0 atom stereocenters. The van der Waals surface area contributed by atoms with E-state index in [9.17, 15) is 4.79 Å². The molecule has 1 saturated carbocycles. The van der Waals surface area contributed by atoms with E-state index in [0.717, 1.165) is 5.56 Å². The van der Waals surface area contributed by atoms with E-state index in [1.54, 1.807) is 0 Å². The third-order valence-electron chi connectivity index (χ3n) is 3.18. The van der Waals surface area contributed by atoms with Crippen LogP contribution < -0.4 is 0 Å². The average molecular weight is 223 g/mol. The molecule has 15 heavy (non-hydrogen) atoms. The van der Waals surface area contributed by atoms with Crippen LogP contribution in [-0.4, -0.2) is 11.7 Å². The zero-order valence-corrected chi connectivity index (χ0v) is 9.46. The normalized spacial score (nSPS) is 16.9. The molecule has 0 aromatic heterocycles. The Labute approximate surface area is 95.4 Å². The van der Waals surface area contributed by atoms with Crippen molar-refractivity contribution < 1.29 is 4.79 Å². The van der Waals surface area contributed by atoms with Gasteiger partial charge in [0.1, 0.15) is 0 Å². The topological polar surface area (TPSA) is 17.1 Å². The van der Waals surface area contributed by atoms with Gasteiger partial charge in [-0.3, -0.25) is 4.79 Å². The maximum absolute atomic E-state index is 11.3. The van der Waals surface area contributed by atoms with Crippen LogP contribution in [0.25, 0.3) is 0 Å². The van der Waals surface area contributed by atoms with Crippen LogP contribution in [0.5, 0.6) is 0 Å². The molecule has 0 heterocycles. The SMILES string of the molecule is O=C(CCl)c1ccc(C2CCCC2)cc1. The van der Waals surface area contributed by atoms with E-state index in [0.29, 0.717) is 5.92 Å². The van der Waals surface area contributed by atoms with Gasteiger partial charge in [0.05, 0.1) is 5.88 Å². The van der Waals surface area contributed by atoms with E-state index in [4.69, 9.17) is 11.6 Å². The summed E-state index contributed by atoms with van der Waals surface area (Å²) in [6.07, 6.45) is 5.27. The van der Waals surface area contributed by atoms with Gasteiger partial charge in [0.25, 0.3) is 0 Å². The van der Waals surface area contributed by atoms with Crippen molar-refractivity contribution in [2.24, 2.45) is 0 Å². The monoisotopic (exact) mass is 222 g/mol. The van der Waals surface area contributed by atoms with Gasteiger partial charge in [0.15, 0.2) is 5.78 Å². The molecule has 0 bridgehead atoms. The van der Waals surface area contributed by atoms with Crippen LogP contribution >= 0.6 is 11.6 Å². The second kappa shape index (κ2) is 4.80. The molecule has 80 valence electrons. The molecule has 1 fully saturated rings. The van der Waals surface area contributed by atoms with Crippen LogP contribution in [0, 0.1) is 0 Å². The Bertz CT molecular complexity index is 336. The minimum Gasteiger partial charge on any atom is -0.293 e. The minimum atomic E-state index is 0.00892. The van der Waals surface area contributed by atoms with Gasteiger partial charge in [-0.1, -0.05) is 37.1 Å². The highest BCUT2D eigenvalue weighted by atomic mass is 35.5. The lowest BCUT2D eigenvalue weighted by Gasteiger charge is -2.09. The maximum Gasteiger partial charge on any atom is 0.177 e. The van der Waals surface area contributed by atoms with Crippen LogP contribution in [-0.2, 0) is 0 Å². The summed E-state index contributed by atoms with van der Waals surface area (Å²) in [5, 5.41) is 0.